The Bertz CT molecular complexity index is 737. The van der Waals surface area contributed by atoms with Crippen LogP contribution in [0.3, 0.4) is 0 Å². The monoisotopic (exact) mass is 303 g/mol. The Balaban J connectivity index is 2.33. The van der Waals surface area contributed by atoms with Crippen LogP contribution < -0.4 is 10.9 Å². The fourth-order valence-electron chi connectivity index (χ4n) is 2.20. The molecule has 1 aromatic carbocycles. The molecule has 4 nitrogen and oxygen atoms in total. The van der Waals surface area contributed by atoms with E-state index < -0.39 is 22.8 Å². The number of alkyl halides is 3. The largest absolute Gasteiger partial charge is 0.418 e. The summed E-state index contributed by atoms with van der Waals surface area (Å²) >= 11 is 5.89. The van der Waals surface area contributed by atoms with E-state index in [1.807, 2.05) is 0 Å². The highest BCUT2D eigenvalue weighted by Gasteiger charge is 2.34. The smallest absolute Gasteiger partial charge is 0.313 e. The van der Waals surface area contributed by atoms with Gasteiger partial charge in [0.05, 0.1) is 22.5 Å². The molecule has 0 radical (unpaired) electrons. The van der Waals surface area contributed by atoms with Crippen molar-refractivity contribution < 1.29 is 13.2 Å². The Morgan fingerprint density at radius 3 is 2.60 bits per heavy atom. The van der Waals surface area contributed by atoms with E-state index in [9.17, 15) is 18.0 Å². The average molecular weight is 304 g/mol. The maximum Gasteiger partial charge on any atom is 0.418 e. The predicted octanol–water partition coefficient (Wildman–Crippen LogP) is 2.21. The molecule has 0 spiro atoms. The summed E-state index contributed by atoms with van der Waals surface area (Å²) in [5.74, 6) is 0. The summed E-state index contributed by atoms with van der Waals surface area (Å²) in [6.45, 7) is 1.09. The van der Waals surface area contributed by atoms with Gasteiger partial charge in [-0.3, -0.25) is 9.36 Å². The van der Waals surface area contributed by atoms with Crippen LogP contribution in [0.2, 0.25) is 5.28 Å². The van der Waals surface area contributed by atoms with Crippen LogP contribution in [0.5, 0.6) is 0 Å². The second-order valence-corrected chi connectivity index (χ2v) is 4.91. The second-order valence-electron chi connectivity index (χ2n) is 4.57. The molecular formula is C12H9ClF3N3O. The molecule has 3 rings (SSSR count). The van der Waals surface area contributed by atoms with Crippen LogP contribution in [0.4, 0.5) is 13.2 Å². The Labute approximate surface area is 116 Å². The molecule has 0 saturated carbocycles. The zero-order valence-electron chi connectivity index (χ0n) is 10.0. The number of hydrogen-bond donors (Lipinski definition) is 1. The van der Waals surface area contributed by atoms with Crippen molar-refractivity contribution in [2.75, 3.05) is 13.1 Å². The molecule has 106 valence electrons. The highest BCUT2D eigenvalue weighted by Crippen LogP contribution is 2.33. The van der Waals surface area contributed by atoms with Crippen LogP contribution in [0.15, 0.2) is 23.0 Å². The number of benzene rings is 1. The van der Waals surface area contributed by atoms with Crippen LogP contribution in [-0.2, 0) is 6.18 Å². The molecule has 2 heterocycles. The van der Waals surface area contributed by atoms with Crippen molar-refractivity contribution in [3.8, 4) is 0 Å². The number of para-hydroxylation sites is 1. The van der Waals surface area contributed by atoms with Crippen molar-refractivity contribution in [3.63, 3.8) is 0 Å². The highest BCUT2D eigenvalue weighted by molar-refractivity contribution is 6.28. The van der Waals surface area contributed by atoms with Crippen molar-refractivity contribution in [3.05, 3.63) is 39.4 Å². The van der Waals surface area contributed by atoms with Gasteiger partial charge in [0.1, 0.15) is 0 Å². The van der Waals surface area contributed by atoms with Gasteiger partial charge in [-0.1, -0.05) is 6.07 Å². The van der Waals surface area contributed by atoms with E-state index in [4.69, 9.17) is 11.6 Å². The van der Waals surface area contributed by atoms with Crippen LogP contribution >= 0.6 is 11.6 Å². The topological polar surface area (TPSA) is 46.9 Å². The molecule has 1 aromatic heterocycles. The number of aromatic nitrogens is 2. The molecule has 1 saturated heterocycles. The lowest BCUT2D eigenvalue weighted by atomic mass is 10.1. The molecule has 2 aromatic rings. The first-order valence-electron chi connectivity index (χ1n) is 5.88. The van der Waals surface area contributed by atoms with Crippen molar-refractivity contribution in [2.45, 2.75) is 12.2 Å². The molecule has 1 N–H and O–H groups in total. The van der Waals surface area contributed by atoms with Crippen LogP contribution in [0, 0.1) is 0 Å². The fourth-order valence-corrected chi connectivity index (χ4v) is 2.50. The first kappa shape index (κ1) is 13.4. The van der Waals surface area contributed by atoms with Crippen molar-refractivity contribution in [1.29, 1.82) is 0 Å². The highest BCUT2D eigenvalue weighted by atomic mass is 35.5. The summed E-state index contributed by atoms with van der Waals surface area (Å²) in [7, 11) is 0. The van der Waals surface area contributed by atoms with Gasteiger partial charge in [-0.05, 0) is 23.7 Å². The van der Waals surface area contributed by atoms with E-state index in [0.717, 1.165) is 6.07 Å². The average Bonchev–Trinajstić information content (AvgIpc) is 2.30. The minimum Gasteiger partial charge on any atom is -0.313 e. The third-order valence-electron chi connectivity index (χ3n) is 3.32. The predicted molar refractivity (Wildman–Crippen MR) is 67.9 cm³/mol. The minimum absolute atomic E-state index is 0.0730. The molecule has 0 amide bonds. The van der Waals surface area contributed by atoms with Gasteiger partial charge in [-0.2, -0.15) is 13.2 Å². The third-order valence-corrected chi connectivity index (χ3v) is 3.59. The molecule has 1 aliphatic rings. The number of rotatable bonds is 1. The van der Waals surface area contributed by atoms with Gasteiger partial charge < -0.3 is 5.32 Å². The second kappa shape index (κ2) is 4.46. The summed E-state index contributed by atoms with van der Waals surface area (Å²) in [6.07, 6.45) is -4.58. The fraction of sp³-hybridized carbons (Fsp3) is 0.333. The van der Waals surface area contributed by atoms with Crippen LogP contribution in [-0.4, -0.2) is 22.6 Å². The molecule has 1 fully saturated rings. The number of fused-ring (bicyclic) bond motifs is 1. The molecular weight excluding hydrogens is 295 g/mol. The number of hydrogen-bond acceptors (Lipinski definition) is 3. The number of halogens is 4. The molecule has 0 unspecified atom stereocenters. The Hall–Kier alpha value is -1.60. The zero-order valence-corrected chi connectivity index (χ0v) is 10.8. The van der Waals surface area contributed by atoms with Crippen LogP contribution in [0.1, 0.15) is 11.6 Å². The SMILES string of the molecule is O=c1c2cccc(C(F)(F)F)c2nc(Cl)n1C1CNC1. The molecule has 0 atom stereocenters. The van der Waals surface area contributed by atoms with Crippen molar-refractivity contribution in [2.24, 2.45) is 0 Å². The molecule has 0 bridgehead atoms. The molecule has 1 aliphatic heterocycles. The summed E-state index contributed by atoms with van der Waals surface area (Å²) in [5, 5.41) is 2.68. The number of nitrogens with zero attached hydrogens (tertiary/aromatic N) is 2. The van der Waals surface area contributed by atoms with Gasteiger partial charge >= 0.3 is 6.18 Å². The first-order chi connectivity index (χ1) is 9.39. The maximum atomic E-state index is 12.9. The Morgan fingerprint density at radius 1 is 1.35 bits per heavy atom. The first-order valence-corrected chi connectivity index (χ1v) is 6.26. The normalized spacial score (nSPS) is 16.4. The summed E-state index contributed by atoms with van der Waals surface area (Å²) < 4.78 is 40.0. The lowest BCUT2D eigenvalue weighted by Gasteiger charge is -2.29. The summed E-state index contributed by atoms with van der Waals surface area (Å²) in [4.78, 5) is 16.1. The molecule has 20 heavy (non-hydrogen) atoms. The zero-order chi connectivity index (χ0) is 14.5. The third kappa shape index (κ3) is 1.97. The van der Waals surface area contributed by atoms with E-state index in [1.165, 1.54) is 16.7 Å². The lowest BCUT2D eigenvalue weighted by Crippen LogP contribution is -2.47. The maximum absolute atomic E-state index is 12.9. The van der Waals surface area contributed by atoms with Gasteiger partial charge in [0.25, 0.3) is 5.56 Å². The minimum atomic E-state index is -4.58. The van der Waals surface area contributed by atoms with Crippen molar-refractivity contribution >= 4 is 22.5 Å². The van der Waals surface area contributed by atoms with E-state index >= 15 is 0 Å². The van der Waals surface area contributed by atoms with Gasteiger partial charge in [-0.15, -0.1) is 0 Å². The molecule has 0 aliphatic carbocycles. The Morgan fingerprint density at radius 2 is 2.05 bits per heavy atom. The summed E-state index contributed by atoms with van der Waals surface area (Å²) in [5.41, 5.74) is -1.90. The van der Waals surface area contributed by atoms with E-state index in [1.54, 1.807) is 0 Å². The van der Waals surface area contributed by atoms with E-state index in [2.05, 4.69) is 10.3 Å². The lowest BCUT2D eigenvalue weighted by molar-refractivity contribution is -0.136. The number of nitrogens with one attached hydrogen (secondary N) is 1. The van der Waals surface area contributed by atoms with Gasteiger partial charge in [-0.25, -0.2) is 4.98 Å². The van der Waals surface area contributed by atoms with Crippen LogP contribution in [0.25, 0.3) is 10.9 Å². The van der Waals surface area contributed by atoms with Gasteiger partial charge in [0, 0.05) is 13.1 Å². The molecule has 8 heteroatoms. The summed E-state index contributed by atoms with van der Waals surface area (Å²) in [6, 6.07) is 3.26. The van der Waals surface area contributed by atoms with E-state index in [-0.39, 0.29) is 16.7 Å². The standard InChI is InChI=1S/C12H9ClF3N3O/c13-11-18-9-7(2-1-3-8(9)12(14,15)16)10(20)19(11)6-4-17-5-6/h1-3,6,17H,4-5H2. The van der Waals surface area contributed by atoms with Crippen molar-refractivity contribution in [1.82, 2.24) is 14.9 Å². The van der Waals surface area contributed by atoms with E-state index in [0.29, 0.717) is 13.1 Å². The van der Waals surface area contributed by atoms with Gasteiger partial charge in [0.15, 0.2) is 0 Å². The van der Waals surface area contributed by atoms with Gasteiger partial charge in [0.2, 0.25) is 5.28 Å². The quantitative estimate of drug-likeness (QED) is 0.822. The Kier molecular flexibility index (Phi) is 2.98.